The molecule has 7 aromatic rings. The predicted octanol–water partition coefficient (Wildman–Crippen LogP) is 9.98. The number of carboxylic acids is 1. The molecular formula is C45H44Cl2N6O5. The van der Waals surface area contributed by atoms with Crippen LogP contribution in [0.4, 0.5) is 5.69 Å². The number of halogens is 2. The molecule has 1 N–H and O–H groups in total. The minimum atomic E-state index is -1.07. The zero-order chi connectivity index (χ0) is 41.2. The molecule has 0 aliphatic carbocycles. The Kier molecular flexibility index (Phi) is 10.2. The molecule has 0 spiro atoms. The quantitative estimate of drug-likeness (QED) is 0.129. The number of benzene rings is 3. The van der Waals surface area contributed by atoms with E-state index in [1.807, 2.05) is 94.0 Å². The molecule has 1 aliphatic rings. The second-order valence-corrected chi connectivity index (χ2v) is 15.9. The van der Waals surface area contributed by atoms with Gasteiger partial charge in [0.25, 0.3) is 5.91 Å². The number of hydrogen-bond donors (Lipinski definition) is 1. The molecule has 0 saturated heterocycles. The first-order valence-corrected chi connectivity index (χ1v) is 20.0. The van der Waals surface area contributed by atoms with Gasteiger partial charge in [-0.25, -0.2) is 4.79 Å². The second kappa shape index (κ2) is 15.2. The van der Waals surface area contributed by atoms with E-state index in [4.69, 9.17) is 37.8 Å². The summed E-state index contributed by atoms with van der Waals surface area (Å²) in [6, 6.07) is 18.4. The van der Waals surface area contributed by atoms with E-state index in [-0.39, 0.29) is 24.2 Å². The Labute approximate surface area is 346 Å². The van der Waals surface area contributed by atoms with Gasteiger partial charge in [-0.3, -0.25) is 14.5 Å². The van der Waals surface area contributed by atoms with Crippen molar-refractivity contribution >= 4 is 62.6 Å². The van der Waals surface area contributed by atoms with Gasteiger partial charge in [0.05, 0.1) is 39.7 Å². The van der Waals surface area contributed by atoms with Gasteiger partial charge in [-0.05, 0) is 107 Å². The Bertz CT molecular complexity index is 2760. The predicted molar refractivity (Wildman–Crippen MR) is 228 cm³/mol. The highest BCUT2D eigenvalue weighted by Gasteiger charge is 2.38. The van der Waals surface area contributed by atoms with E-state index in [1.165, 1.54) is 0 Å². The van der Waals surface area contributed by atoms with Crippen LogP contribution in [0.25, 0.3) is 32.9 Å². The van der Waals surface area contributed by atoms with Crippen molar-refractivity contribution in [3.05, 3.63) is 122 Å². The molecule has 4 aromatic heterocycles. The summed E-state index contributed by atoms with van der Waals surface area (Å²) in [6.07, 6.45) is 2.87. The maximum atomic E-state index is 15.4. The van der Waals surface area contributed by atoms with E-state index in [0.29, 0.717) is 59.0 Å². The number of carboxylic acid groups (broad SMARTS) is 1. The molecule has 13 heteroatoms. The number of carbonyl (C=O) groups excluding carboxylic acids is 1. The lowest BCUT2D eigenvalue weighted by molar-refractivity contribution is 0.0687. The Morgan fingerprint density at radius 2 is 1.67 bits per heavy atom. The number of hydrogen-bond acceptors (Lipinski definition) is 6. The van der Waals surface area contributed by atoms with Gasteiger partial charge in [-0.2, -0.15) is 5.10 Å². The average Bonchev–Trinajstić information content (AvgIpc) is 3.80. The number of aromatic nitrogens is 5. The van der Waals surface area contributed by atoms with Crippen LogP contribution >= 0.6 is 23.2 Å². The Hall–Kier alpha value is -5.78. The molecule has 0 saturated carbocycles. The van der Waals surface area contributed by atoms with Crippen LogP contribution in [0.2, 0.25) is 10.0 Å². The number of pyridine rings is 1. The molecular weight excluding hydrogens is 775 g/mol. The monoisotopic (exact) mass is 818 g/mol. The maximum absolute atomic E-state index is 15.4. The number of nitrogens with zero attached hydrogens (tertiary/aromatic N) is 6. The summed E-state index contributed by atoms with van der Waals surface area (Å²) >= 11 is 13.6. The normalized spacial score (nSPS) is 14.1. The standard InChI is InChI=1S/C45H44Cl2N6O5/c1-24-17-31(18-25(2)40(24)47)57-16-10-12-33-34-13-14-35(46)39(38-27(4)49-51(7)28(38)5)42(34)53-26(3)22-52(44(54)43(33)53)36-21-32(58-23-30-11-8-9-15-48-30)19-29-20-37(45(55)56)50(6)41(29)36/h8-9,11,13-15,17-21,26H,10,12,16,22-23H2,1-7H3,(H,55,56)/t26-/m1/s1. The van der Waals surface area contributed by atoms with Crippen molar-refractivity contribution in [2.75, 3.05) is 18.1 Å². The van der Waals surface area contributed by atoms with E-state index in [1.54, 1.807) is 28.8 Å². The Morgan fingerprint density at radius 3 is 2.34 bits per heavy atom. The van der Waals surface area contributed by atoms with Crippen molar-refractivity contribution in [3.63, 3.8) is 0 Å². The van der Waals surface area contributed by atoms with Gasteiger partial charge in [0.1, 0.15) is 29.5 Å². The largest absolute Gasteiger partial charge is 0.494 e. The molecule has 0 radical (unpaired) electrons. The molecule has 58 heavy (non-hydrogen) atoms. The van der Waals surface area contributed by atoms with Gasteiger partial charge in [-0.1, -0.05) is 35.3 Å². The smallest absolute Gasteiger partial charge is 0.352 e. The van der Waals surface area contributed by atoms with E-state index in [9.17, 15) is 9.90 Å². The molecule has 3 aromatic carbocycles. The first kappa shape index (κ1) is 39.1. The lowest BCUT2D eigenvalue weighted by Crippen LogP contribution is -2.43. The van der Waals surface area contributed by atoms with Gasteiger partial charge in [0.2, 0.25) is 0 Å². The van der Waals surface area contributed by atoms with Gasteiger partial charge < -0.3 is 28.6 Å². The van der Waals surface area contributed by atoms with Crippen molar-refractivity contribution in [1.29, 1.82) is 0 Å². The lowest BCUT2D eigenvalue weighted by Gasteiger charge is -2.35. The van der Waals surface area contributed by atoms with Crippen LogP contribution in [-0.2, 0) is 27.1 Å². The molecule has 0 unspecified atom stereocenters. The Morgan fingerprint density at radius 1 is 0.931 bits per heavy atom. The van der Waals surface area contributed by atoms with Crippen molar-refractivity contribution in [3.8, 4) is 22.6 Å². The number of fused-ring (bicyclic) bond motifs is 4. The average molecular weight is 820 g/mol. The van der Waals surface area contributed by atoms with E-state index in [2.05, 4.69) is 16.5 Å². The van der Waals surface area contributed by atoms with Crippen LogP contribution in [-0.4, -0.2) is 54.0 Å². The highest BCUT2D eigenvalue weighted by Crippen LogP contribution is 2.46. The van der Waals surface area contributed by atoms with Crippen molar-refractivity contribution in [2.45, 2.75) is 60.1 Å². The molecule has 11 nitrogen and oxygen atoms in total. The number of rotatable bonds is 11. The van der Waals surface area contributed by atoms with Crippen molar-refractivity contribution in [1.82, 2.24) is 23.9 Å². The molecule has 298 valence electrons. The maximum Gasteiger partial charge on any atom is 0.352 e. The molecule has 1 amide bonds. The van der Waals surface area contributed by atoms with Crippen LogP contribution in [0.1, 0.15) is 74.1 Å². The zero-order valence-electron chi connectivity index (χ0n) is 33.5. The van der Waals surface area contributed by atoms with Crippen LogP contribution in [0.3, 0.4) is 0 Å². The molecule has 5 heterocycles. The number of amides is 1. The first-order valence-electron chi connectivity index (χ1n) is 19.2. The lowest BCUT2D eigenvalue weighted by atomic mass is 9.98. The van der Waals surface area contributed by atoms with Crippen molar-refractivity contribution in [2.24, 2.45) is 14.1 Å². The van der Waals surface area contributed by atoms with E-state index < -0.39 is 5.97 Å². The topological polar surface area (TPSA) is 117 Å². The van der Waals surface area contributed by atoms with Gasteiger partial charge in [-0.15, -0.1) is 0 Å². The molecule has 1 atom stereocenters. The minimum Gasteiger partial charge on any atom is -0.494 e. The summed E-state index contributed by atoms with van der Waals surface area (Å²) in [4.78, 5) is 34.0. The van der Waals surface area contributed by atoms with Crippen LogP contribution in [0, 0.1) is 27.7 Å². The second-order valence-electron chi connectivity index (χ2n) is 15.2. The van der Waals surface area contributed by atoms with Crippen LogP contribution < -0.4 is 14.4 Å². The van der Waals surface area contributed by atoms with E-state index in [0.717, 1.165) is 66.6 Å². The minimum absolute atomic E-state index is 0.0954. The highest BCUT2D eigenvalue weighted by molar-refractivity contribution is 6.35. The highest BCUT2D eigenvalue weighted by atomic mass is 35.5. The third-order valence-corrected chi connectivity index (χ3v) is 12.2. The summed E-state index contributed by atoms with van der Waals surface area (Å²) in [5.74, 6) is -0.0491. The van der Waals surface area contributed by atoms with Crippen LogP contribution in [0.15, 0.2) is 66.9 Å². The zero-order valence-corrected chi connectivity index (χ0v) is 35.0. The molecule has 1 aliphatic heterocycles. The number of anilines is 1. The molecule has 0 bridgehead atoms. The summed E-state index contributed by atoms with van der Waals surface area (Å²) in [6.45, 7) is 10.9. The SMILES string of the molecule is Cc1cc(OCCCc2c3n(c4c(-c5c(C)nn(C)c5C)c(Cl)ccc24)[C@H](C)CN(c2cc(OCc4ccccn4)cc4cc(C(=O)O)n(C)c24)C3=O)cc(C)c1Cl. The fourth-order valence-electron chi connectivity index (χ4n) is 8.53. The fraction of sp³-hybridized carbons (Fsp3) is 0.289. The third kappa shape index (κ3) is 6.65. The van der Waals surface area contributed by atoms with Gasteiger partial charge in [0, 0.05) is 71.6 Å². The summed E-state index contributed by atoms with van der Waals surface area (Å²) < 4.78 is 18.1. The third-order valence-electron chi connectivity index (χ3n) is 11.3. The van der Waals surface area contributed by atoms with Gasteiger partial charge >= 0.3 is 5.97 Å². The first-order chi connectivity index (χ1) is 27.7. The number of aryl methyl sites for hydroxylation is 6. The van der Waals surface area contributed by atoms with Crippen molar-refractivity contribution < 1.29 is 24.2 Å². The Balaban J connectivity index is 1.27. The number of ether oxygens (including phenoxy) is 2. The van der Waals surface area contributed by atoms with Gasteiger partial charge in [0.15, 0.2) is 0 Å². The number of aromatic carboxylic acids is 1. The summed E-state index contributed by atoms with van der Waals surface area (Å²) in [5, 5.41) is 17.7. The molecule has 8 rings (SSSR count). The fourth-order valence-corrected chi connectivity index (χ4v) is 8.88. The summed E-state index contributed by atoms with van der Waals surface area (Å²) in [7, 11) is 3.63. The molecule has 0 fully saturated rings. The van der Waals surface area contributed by atoms with E-state index >= 15 is 4.79 Å². The number of carbonyl (C=O) groups is 2. The van der Waals surface area contributed by atoms with Crippen LogP contribution in [0.5, 0.6) is 11.5 Å². The summed E-state index contributed by atoms with van der Waals surface area (Å²) in [5.41, 5.74) is 9.79.